The summed E-state index contributed by atoms with van der Waals surface area (Å²) in [5.74, 6) is -4.30. The summed E-state index contributed by atoms with van der Waals surface area (Å²) in [7, 11) is 0. The van der Waals surface area contributed by atoms with Crippen LogP contribution in [0.4, 0.5) is 18.9 Å². The van der Waals surface area contributed by atoms with Crippen LogP contribution in [0.25, 0.3) is 10.8 Å². The Bertz CT molecular complexity index is 672. The van der Waals surface area contributed by atoms with Crippen molar-refractivity contribution in [2.45, 2.75) is 33.6 Å². The fourth-order valence-corrected chi connectivity index (χ4v) is 2.20. The molecule has 0 aliphatic heterocycles. The second-order valence-corrected chi connectivity index (χ2v) is 4.75. The molecule has 0 aliphatic rings. The van der Waals surface area contributed by atoms with Crippen molar-refractivity contribution in [3.63, 3.8) is 0 Å². The van der Waals surface area contributed by atoms with Crippen LogP contribution in [0, 0.1) is 11.6 Å². The third-order valence-corrected chi connectivity index (χ3v) is 3.09. The lowest BCUT2D eigenvalue weighted by atomic mass is 9.94. The van der Waals surface area contributed by atoms with E-state index in [0.29, 0.717) is 5.56 Å². The molecule has 22 heavy (non-hydrogen) atoms. The first-order chi connectivity index (χ1) is 10.4. The molecule has 0 heterocycles. The summed E-state index contributed by atoms with van der Waals surface area (Å²) in [5.41, 5.74) is 6.46. The lowest BCUT2D eigenvalue weighted by Crippen LogP contribution is -2.02. The van der Waals surface area contributed by atoms with Crippen LogP contribution in [-0.4, -0.2) is 12.0 Å². The van der Waals surface area contributed by atoms with E-state index in [1.165, 1.54) is 6.07 Å². The van der Waals surface area contributed by atoms with Gasteiger partial charge in [-0.25, -0.2) is 8.78 Å². The van der Waals surface area contributed by atoms with Crippen LogP contribution < -0.4 is 10.5 Å². The maximum absolute atomic E-state index is 14.0. The van der Waals surface area contributed by atoms with Gasteiger partial charge in [0.15, 0.2) is 17.3 Å². The molecule has 0 fully saturated rings. The minimum Gasteiger partial charge on any atom is -0.503 e. The number of anilines is 1. The largest absolute Gasteiger partial charge is 0.503 e. The lowest BCUT2D eigenvalue weighted by molar-refractivity contribution is 0.184. The first-order valence-corrected chi connectivity index (χ1v) is 7.00. The van der Waals surface area contributed by atoms with Gasteiger partial charge < -0.3 is 15.6 Å². The van der Waals surface area contributed by atoms with E-state index < -0.39 is 30.0 Å². The van der Waals surface area contributed by atoms with Crippen LogP contribution >= 0.6 is 0 Å². The Morgan fingerprint density at radius 3 is 2.27 bits per heavy atom. The molecule has 122 valence electrons. The fraction of sp³-hybridized carbons (Fsp3) is 0.375. The highest BCUT2D eigenvalue weighted by molar-refractivity contribution is 5.96. The molecule has 0 unspecified atom stereocenters. The monoisotopic (exact) mass is 315 g/mol. The molecule has 2 aromatic carbocycles. The van der Waals surface area contributed by atoms with E-state index in [9.17, 15) is 18.3 Å². The SMILES string of the molecule is CC.CC(C)c1cc(N)cc2c(F)c(O)c(F)c(OCF)c12. The summed E-state index contributed by atoms with van der Waals surface area (Å²) in [5, 5.41) is 9.42. The van der Waals surface area contributed by atoms with Crippen LogP contribution in [0.2, 0.25) is 0 Å². The van der Waals surface area contributed by atoms with E-state index in [0.717, 1.165) is 0 Å². The number of nitrogens with two attached hydrogens (primary N) is 1. The summed E-state index contributed by atoms with van der Waals surface area (Å²) < 4.78 is 45.0. The van der Waals surface area contributed by atoms with Crippen LogP contribution in [0.5, 0.6) is 11.5 Å². The number of hydrogen-bond acceptors (Lipinski definition) is 3. The number of aromatic hydroxyl groups is 1. The van der Waals surface area contributed by atoms with Crippen molar-refractivity contribution >= 4 is 16.5 Å². The standard InChI is InChI=1S/C14H14F3NO2.C2H6/c1-6(2)8-3-7(18)4-9-10(8)14(20-5-15)12(17)13(19)11(9)16;1-2/h3-4,6,19H,5,18H2,1-2H3;1-2H3. The Hall–Kier alpha value is -2.11. The molecule has 6 heteroatoms. The molecule has 0 aliphatic carbocycles. The Kier molecular flexibility index (Phi) is 5.91. The average Bonchev–Trinajstić information content (AvgIpc) is 2.50. The normalized spacial score (nSPS) is 10.5. The van der Waals surface area contributed by atoms with Gasteiger partial charge >= 0.3 is 0 Å². The summed E-state index contributed by atoms with van der Waals surface area (Å²) in [6.45, 7) is 6.31. The number of phenols is 1. The molecule has 3 N–H and O–H groups in total. The first kappa shape index (κ1) is 17.9. The zero-order valence-corrected chi connectivity index (χ0v) is 13.0. The number of phenolic OH excluding ortho intramolecular Hbond substituents is 1. The topological polar surface area (TPSA) is 55.5 Å². The fourth-order valence-electron chi connectivity index (χ4n) is 2.20. The van der Waals surface area contributed by atoms with Crippen LogP contribution in [0.1, 0.15) is 39.2 Å². The van der Waals surface area contributed by atoms with Crippen molar-refractivity contribution in [3.8, 4) is 11.5 Å². The number of alkyl halides is 1. The molecule has 3 nitrogen and oxygen atoms in total. The van der Waals surface area contributed by atoms with Gasteiger partial charge in [0.1, 0.15) is 0 Å². The van der Waals surface area contributed by atoms with E-state index in [4.69, 9.17) is 5.73 Å². The summed E-state index contributed by atoms with van der Waals surface area (Å²) in [6, 6.07) is 2.80. The minimum absolute atomic E-state index is 0.0830. The summed E-state index contributed by atoms with van der Waals surface area (Å²) in [6.07, 6.45) is 0. The quantitative estimate of drug-likeness (QED) is 0.795. The van der Waals surface area contributed by atoms with Gasteiger partial charge in [0.2, 0.25) is 12.7 Å². The van der Waals surface area contributed by atoms with Gasteiger partial charge in [0, 0.05) is 16.5 Å². The zero-order valence-electron chi connectivity index (χ0n) is 13.0. The first-order valence-electron chi connectivity index (χ1n) is 7.00. The third-order valence-electron chi connectivity index (χ3n) is 3.09. The Morgan fingerprint density at radius 1 is 1.18 bits per heavy atom. The Labute approximate surface area is 127 Å². The third kappa shape index (κ3) is 3.05. The molecule has 0 aromatic heterocycles. The maximum atomic E-state index is 14.0. The summed E-state index contributed by atoms with van der Waals surface area (Å²) in [4.78, 5) is 0. The lowest BCUT2D eigenvalue weighted by Gasteiger charge is -2.17. The molecule has 0 radical (unpaired) electrons. The molecule has 0 amide bonds. The second-order valence-electron chi connectivity index (χ2n) is 4.75. The van der Waals surface area contributed by atoms with Crippen molar-refractivity contribution in [1.82, 2.24) is 0 Å². The smallest absolute Gasteiger partial charge is 0.228 e. The van der Waals surface area contributed by atoms with Gasteiger partial charge in [-0.15, -0.1) is 0 Å². The van der Waals surface area contributed by atoms with Crippen LogP contribution in [0.3, 0.4) is 0 Å². The molecular weight excluding hydrogens is 295 g/mol. The molecule has 0 spiro atoms. The molecule has 2 rings (SSSR count). The van der Waals surface area contributed by atoms with Crippen molar-refractivity contribution in [2.75, 3.05) is 12.6 Å². The van der Waals surface area contributed by atoms with Crippen LogP contribution in [-0.2, 0) is 0 Å². The van der Waals surface area contributed by atoms with E-state index in [-0.39, 0.29) is 22.4 Å². The molecule has 2 aromatic rings. The highest BCUT2D eigenvalue weighted by atomic mass is 19.1. The minimum atomic E-state index is -1.32. The molecule has 0 bridgehead atoms. The number of rotatable bonds is 3. The van der Waals surface area contributed by atoms with Gasteiger partial charge in [-0.05, 0) is 23.6 Å². The molecule has 0 atom stereocenters. The number of hydrogen-bond donors (Lipinski definition) is 2. The number of nitrogen functional groups attached to an aromatic ring is 1. The van der Waals surface area contributed by atoms with Gasteiger partial charge in [0.05, 0.1) is 0 Å². The Balaban J connectivity index is 0.00000116. The molecule has 0 saturated heterocycles. The highest BCUT2D eigenvalue weighted by Gasteiger charge is 2.24. The van der Waals surface area contributed by atoms with E-state index in [1.807, 2.05) is 13.8 Å². The second kappa shape index (κ2) is 7.24. The number of halogens is 3. The Morgan fingerprint density at radius 2 is 1.77 bits per heavy atom. The van der Waals surface area contributed by atoms with Gasteiger partial charge in [0.25, 0.3) is 0 Å². The summed E-state index contributed by atoms with van der Waals surface area (Å²) >= 11 is 0. The van der Waals surface area contributed by atoms with E-state index >= 15 is 0 Å². The number of ether oxygens (including phenoxy) is 1. The van der Waals surface area contributed by atoms with Crippen LogP contribution in [0.15, 0.2) is 12.1 Å². The zero-order chi connectivity index (χ0) is 17.0. The molecular formula is C16H20F3NO2. The predicted octanol–water partition coefficient (Wildman–Crippen LogP) is 4.86. The molecule has 0 saturated carbocycles. The van der Waals surface area contributed by atoms with Crippen molar-refractivity contribution < 1.29 is 23.0 Å². The van der Waals surface area contributed by atoms with Gasteiger partial charge in [-0.1, -0.05) is 27.7 Å². The number of benzene rings is 2. The van der Waals surface area contributed by atoms with Crippen molar-refractivity contribution in [3.05, 3.63) is 29.3 Å². The average molecular weight is 315 g/mol. The van der Waals surface area contributed by atoms with Crippen molar-refractivity contribution in [2.24, 2.45) is 0 Å². The predicted molar refractivity (Wildman–Crippen MR) is 82.0 cm³/mol. The highest BCUT2D eigenvalue weighted by Crippen LogP contribution is 2.42. The maximum Gasteiger partial charge on any atom is 0.228 e. The van der Waals surface area contributed by atoms with E-state index in [2.05, 4.69) is 4.74 Å². The van der Waals surface area contributed by atoms with Gasteiger partial charge in [-0.2, -0.15) is 4.39 Å². The van der Waals surface area contributed by atoms with E-state index in [1.54, 1.807) is 19.9 Å². The van der Waals surface area contributed by atoms with Crippen molar-refractivity contribution in [1.29, 1.82) is 0 Å². The van der Waals surface area contributed by atoms with Gasteiger partial charge in [-0.3, -0.25) is 0 Å². The number of fused-ring (bicyclic) bond motifs is 1.